The number of rotatable bonds is 3. The Bertz CT molecular complexity index is 1190. The molecule has 4 aromatic rings. The SMILES string of the molecule is C[SiH](C)B(c1cccc2c1Cc1ccccc1-2)c1cccc2c1Cc1ccccc1-2. The van der Waals surface area contributed by atoms with E-state index in [1.807, 2.05) is 0 Å². The minimum atomic E-state index is -1.00. The van der Waals surface area contributed by atoms with E-state index < -0.39 is 8.67 Å². The molecule has 30 heavy (non-hydrogen) atoms. The molecule has 0 bridgehead atoms. The fraction of sp³-hybridized carbons (Fsp3) is 0.143. The molecule has 0 amide bonds. The van der Waals surface area contributed by atoms with E-state index in [-0.39, 0.29) is 0 Å². The van der Waals surface area contributed by atoms with Crippen LogP contribution in [0.3, 0.4) is 0 Å². The lowest BCUT2D eigenvalue weighted by atomic mass is 9.57. The van der Waals surface area contributed by atoms with Crippen molar-refractivity contribution in [3.8, 4) is 22.3 Å². The van der Waals surface area contributed by atoms with Crippen LogP contribution < -0.4 is 10.9 Å². The Morgan fingerprint density at radius 1 is 0.533 bits per heavy atom. The molecule has 0 aromatic heterocycles. The molecule has 0 unspecified atom stereocenters. The van der Waals surface area contributed by atoms with Crippen molar-refractivity contribution in [2.75, 3.05) is 0 Å². The highest BCUT2D eigenvalue weighted by molar-refractivity contribution is 7.33. The first kappa shape index (κ1) is 18.0. The fourth-order valence-electron chi connectivity index (χ4n) is 5.83. The van der Waals surface area contributed by atoms with Gasteiger partial charge in [0.05, 0.1) is 0 Å². The smallest absolute Gasteiger partial charge is 0.0768 e. The third-order valence-electron chi connectivity index (χ3n) is 7.11. The lowest BCUT2D eigenvalue weighted by Gasteiger charge is -2.23. The molecule has 0 heterocycles. The average Bonchev–Trinajstić information content (AvgIpc) is 3.33. The molecule has 0 radical (unpaired) electrons. The average molecular weight is 400 g/mol. The molecule has 0 spiro atoms. The van der Waals surface area contributed by atoms with E-state index in [0.29, 0.717) is 6.31 Å². The molecule has 0 fully saturated rings. The van der Waals surface area contributed by atoms with Gasteiger partial charge in [-0.1, -0.05) is 109 Å². The monoisotopic (exact) mass is 400 g/mol. The van der Waals surface area contributed by atoms with Gasteiger partial charge in [0.25, 0.3) is 0 Å². The van der Waals surface area contributed by atoms with Crippen LogP contribution in [0, 0.1) is 0 Å². The number of benzene rings is 4. The van der Waals surface area contributed by atoms with Crippen LogP contribution in [-0.2, 0) is 12.8 Å². The summed E-state index contributed by atoms with van der Waals surface area (Å²) < 4.78 is 0. The number of fused-ring (bicyclic) bond motifs is 6. The summed E-state index contributed by atoms with van der Waals surface area (Å²) in [4.78, 5) is 0. The summed E-state index contributed by atoms with van der Waals surface area (Å²) in [6.45, 7) is 5.04. The van der Waals surface area contributed by atoms with Crippen LogP contribution in [-0.4, -0.2) is 15.0 Å². The van der Waals surface area contributed by atoms with Crippen LogP contribution in [0.2, 0.25) is 13.1 Å². The van der Waals surface area contributed by atoms with Gasteiger partial charge in [-0.2, -0.15) is 0 Å². The van der Waals surface area contributed by atoms with Crippen LogP contribution in [0.4, 0.5) is 0 Å². The molecule has 4 aromatic carbocycles. The molecule has 0 saturated heterocycles. The third kappa shape index (κ3) is 2.60. The van der Waals surface area contributed by atoms with Gasteiger partial charge in [0.2, 0.25) is 0 Å². The minimum Gasteiger partial charge on any atom is -0.0768 e. The molecule has 0 aliphatic heterocycles. The summed E-state index contributed by atoms with van der Waals surface area (Å²) in [5, 5.41) is 0. The van der Waals surface area contributed by atoms with E-state index in [4.69, 9.17) is 0 Å². The van der Waals surface area contributed by atoms with Crippen molar-refractivity contribution in [1.29, 1.82) is 0 Å². The number of hydrogen-bond acceptors (Lipinski definition) is 0. The van der Waals surface area contributed by atoms with E-state index in [1.54, 1.807) is 22.1 Å². The maximum atomic E-state index is 2.52. The summed E-state index contributed by atoms with van der Waals surface area (Å²) in [7, 11) is -1.00. The quantitative estimate of drug-likeness (QED) is 0.367. The van der Waals surface area contributed by atoms with Crippen molar-refractivity contribution in [3.63, 3.8) is 0 Å². The zero-order chi connectivity index (χ0) is 20.2. The molecule has 0 N–H and O–H groups in total. The zero-order valence-electron chi connectivity index (χ0n) is 17.7. The Hall–Kier alpha value is -2.84. The molecule has 2 aliphatic rings. The second-order valence-electron chi connectivity index (χ2n) is 9.14. The van der Waals surface area contributed by atoms with Gasteiger partial charge in [-0.05, 0) is 57.3 Å². The molecule has 0 nitrogen and oxygen atoms in total. The standard InChI is InChI=1S/C28H25BSi/c1-30(2)29(27-15-7-13-23-21-11-5-3-9-19(21)17-25(23)27)28-16-8-14-24-22-12-6-4-10-20(22)18-26(24)28/h3-16,30H,17-18H2,1-2H3. The molecule has 0 atom stereocenters. The Kier molecular flexibility index (Phi) is 4.11. The van der Waals surface area contributed by atoms with E-state index >= 15 is 0 Å². The largest absolute Gasteiger partial charge is 0.198 e. The van der Waals surface area contributed by atoms with Gasteiger partial charge in [-0.3, -0.25) is 0 Å². The molecule has 2 aliphatic carbocycles. The maximum absolute atomic E-state index is 2.52. The summed E-state index contributed by atoms with van der Waals surface area (Å²) in [5.41, 5.74) is 15.0. The highest BCUT2D eigenvalue weighted by Gasteiger charge is 2.33. The number of hydrogen-bond donors (Lipinski definition) is 0. The highest BCUT2D eigenvalue weighted by atomic mass is 28.3. The normalized spacial score (nSPS) is 13.0. The van der Waals surface area contributed by atoms with Crippen molar-refractivity contribution < 1.29 is 0 Å². The van der Waals surface area contributed by atoms with Gasteiger partial charge in [0.15, 0.2) is 6.31 Å². The van der Waals surface area contributed by atoms with Crippen LogP contribution in [0.25, 0.3) is 22.3 Å². The van der Waals surface area contributed by atoms with Crippen molar-refractivity contribution in [2.45, 2.75) is 25.9 Å². The van der Waals surface area contributed by atoms with Gasteiger partial charge in [-0.25, -0.2) is 0 Å². The molecule has 2 heteroatoms. The van der Waals surface area contributed by atoms with E-state index in [1.165, 1.54) is 33.4 Å². The second kappa shape index (κ2) is 6.85. The Balaban J connectivity index is 1.53. The first-order chi connectivity index (χ1) is 14.7. The first-order valence-electron chi connectivity index (χ1n) is 11.1. The van der Waals surface area contributed by atoms with Crippen LogP contribution in [0.5, 0.6) is 0 Å². The van der Waals surface area contributed by atoms with Gasteiger partial charge < -0.3 is 0 Å². The summed E-state index contributed by atoms with van der Waals surface area (Å²) in [5.74, 6) is 0. The van der Waals surface area contributed by atoms with Gasteiger partial charge in [-0.15, -0.1) is 0 Å². The zero-order valence-corrected chi connectivity index (χ0v) is 18.8. The molecule has 144 valence electrons. The van der Waals surface area contributed by atoms with Crippen molar-refractivity contribution in [1.82, 2.24) is 0 Å². The van der Waals surface area contributed by atoms with E-state index in [0.717, 1.165) is 12.8 Å². The molecular formula is C28H25BSi. The second-order valence-corrected chi connectivity index (χ2v) is 12.3. The van der Waals surface area contributed by atoms with Gasteiger partial charge in [0.1, 0.15) is 0 Å². The maximum Gasteiger partial charge on any atom is 0.198 e. The first-order valence-corrected chi connectivity index (χ1v) is 14.1. The van der Waals surface area contributed by atoms with Crippen LogP contribution >= 0.6 is 0 Å². The van der Waals surface area contributed by atoms with Crippen LogP contribution in [0.15, 0.2) is 84.9 Å². The third-order valence-corrected chi connectivity index (χ3v) is 9.16. The topological polar surface area (TPSA) is 0 Å². The summed E-state index contributed by atoms with van der Waals surface area (Å²) in [6.07, 6.45) is 2.71. The Morgan fingerprint density at radius 2 is 0.967 bits per heavy atom. The summed E-state index contributed by atoms with van der Waals surface area (Å²) in [6, 6.07) is 32.0. The minimum absolute atomic E-state index is 0.554. The molecular weight excluding hydrogens is 375 g/mol. The fourth-order valence-corrected chi connectivity index (χ4v) is 7.89. The van der Waals surface area contributed by atoms with Gasteiger partial charge in [0, 0.05) is 8.67 Å². The highest BCUT2D eigenvalue weighted by Crippen LogP contribution is 2.37. The van der Waals surface area contributed by atoms with Crippen LogP contribution in [0.1, 0.15) is 22.3 Å². The lowest BCUT2D eigenvalue weighted by molar-refractivity contribution is 1.27. The molecule has 6 rings (SSSR count). The van der Waals surface area contributed by atoms with E-state index in [2.05, 4.69) is 98.0 Å². The lowest BCUT2D eigenvalue weighted by Crippen LogP contribution is -2.54. The van der Waals surface area contributed by atoms with E-state index in [9.17, 15) is 0 Å². The van der Waals surface area contributed by atoms with Crippen molar-refractivity contribution in [3.05, 3.63) is 107 Å². The Morgan fingerprint density at radius 3 is 1.43 bits per heavy atom. The summed E-state index contributed by atoms with van der Waals surface area (Å²) >= 11 is 0. The predicted octanol–water partition coefficient (Wildman–Crippen LogP) is 5.00. The predicted molar refractivity (Wildman–Crippen MR) is 133 cm³/mol. The molecule has 0 saturated carbocycles. The van der Waals surface area contributed by atoms with Gasteiger partial charge >= 0.3 is 0 Å². The van der Waals surface area contributed by atoms with Crippen molar-refractivity contribution in [2.24, 2.45) is 0 Å². The van der Waals surface area contributed by atoms with Crippen molar-refractivity contribution >= 4 is 25.9 Å². The Labute approximate surface area is 181 Å².